The van der Waals surface area contributed by atoms with Gasteiger partial charge in [0, 0.05) is 10.0 Å². The minimum absolute atomic E-state index is 0.273. The zero-order valence-electron chi connectivity index (χ0n) is 16.7. The van der Waals surface area contributed by atoms with Crippen LogP contribution < -0.4 is 14.9 Å². The predicted octanol–water partition coefficient (Wildman–Crippen LogP) is 6.33. The summed E-state index contributed by atoms with van der Waals surface area (Å²) in [5.41, 5.74) is 3.86. The maximum Gasteiger partial charge on any atom is 0.271 e. The normalized spacial score (nSPS) is 10.9. The molecule has 1 N–H and O–H groups in total. The fourth-order valence-electron chi connectivity index (χ4n) is 2.60. The van der Waals surface area contributed by atoms with Gasteiger partial charge in [0.15, 0.2) is 11.5 Å². The van der Waals surface area contributed by atoms with E-state index in [4.69, 9.17) is 9.47 Å². The maximum absolute atomic E-state index is 12.1. The number of carbonyl (C=O) groups excluding carboxylic acids is 1. The van der Waals surface area contributed by atoms with Gasteiger partial charge in [-0.15, -0.1) is 0 Å². The highest BCUT2D eigenvalue weighted by molar-refractivity contribution is 9.10. The van der Waals surface area contributed by atoms with E-state index in [0.717, 1.165) is 27.4 Å². The molecule has 1 amide bonds. The molecule has 0 aromatic heterocycles. The number of carbonyl (C=O) groups is 1. The molecule has 0 saturated carbocycles. The van der Waals surface area contributed by atoms with Gasteiger partial charge < -0.3 is 9.47 Å². The molecule has 0 saturated heterocycles. The second-order valence-electron chi connectivity index (χ2n) is 6.38. The van der Waals surface area contributed by atoms with Crippen molar-refractivity contribution in [3.63, 3.8) is 0 Å². The summed E-state index contributed by atoms with van der Waals surface area (Å²) in [5.74, 6) is 1.07. The molecular formula is C22H26Br2N2O3. The fraction of sp³-hybridized carbons (Fsp3) is 0.364. The predicted molar refractivity (Wildman–Crippen MR) is 124 cm³/mol. The van der Waals surface area contributed by atoms with E-state index in [1.54, 1.807) is 18.3 Å². The summed E-state index contributed by atoms with van der Waals surface area (Å²) < 4.78 is 13.4. The van der Waals surface area contributed by atoms with Crippen molar-refractivity contribution in [2.45, 2.75) is 39.5 Å². The lowest BCUT2D eigenvalue weighted by molar-refractivity contribution is 0.0955. The van der Waals surface area contributed by atoms with Crippen molar-refractivity contribution in [3.8, 4) is 11.5 Å². The number of nitrogens with one attached hydrogen (secondary N) is 1. The van der Waals surface area contributed by atoms with Crippen LogP contribution in [0.1, 0.15) is 55.5 Å². The lowest BCUT2D eigenvalue weighted by atomic mass is 10.2. The number of rotatable bonds is 11. The molecule has 0 spiro atoms. The van der Waals surface area contributed by atoms with Crippen molar-refractivity contribution in [1.29, 1.82) is 0 Å². The van der Waals surface area contributed by atoms with Crippen LogP contribution in [0.25, 0.3) is 0 Å². The number of hydrogen-bond acceptors (Lipinski definition) is 4. The average Bonchev–Trinajstić information content (AvgIpc) is 2.70. The molecule has 7 heteroatoms. The molecule has 156 valence electrons. The highest BCUT2D eigenvalue weighted by atomic mass is 79.9. The van der Waals surface area contributed by atoms with Gasteiger partial charge in [-0.3, -0.25) is 4.79 Å². The van der Waals surface area contributed by atoms with E-state index in [9.17, 15) is 4.79 Å². The van der Waals surface area contributed by atoms with E-state index in [2.05, 4.69) is 49.3 Å². The Balaban J connectivity index is 2.03. The van der Waals surface area contributed by atoms with Crippen LogP contribution in [0.15, 0.2) is 50.4 Å². The van der Waals surface area contributed by atoms with Crippen molar-refractivity contribution in [2.24, 2.45) is 5.10 Å². The molecule has 5 nitrogen and oxygen atoms in total. The third-order valence-corrected chi connectivity index (χ3v) is 5.18. The second-order valence-corrected chi connectivity index (χ2v) is 8.15. The average molecular weight is 526 g/mol. The number of ether oxygens (including phenoxy) is 2. The van der Waals surface area contributed by atoms with Gasteiger partial charge in [-0.2, -0.15) is 5.10 Å². The van der Waals surface area contributed by atoms with Crippen LogP contribution in [-0.4, -0.2) is 25.3 Å². The first-order valence-corrected chi connectivity index (χ1v) is 11.3. The van der Waals surface area contributed by atoms with Gasteiger partial charge in [0.25, 0.3) is 5.91 Å². The third-order valence-electron chi connectivity index (χ3n) is 4.06. The number of nitrogens with zero attached hydrogens (tertiary/aromatic N) is 1. The molecular weight excluding hydrogens is 500 g/mol. The van der Waals surface area contributed by atoms with Crippen LogP contribution in [0, 0.1) is 0 Å². The molecule has 0 radical (unpaired) electrons. The number of benzene rings is 2. The van der Waals surface area contributed by atoms with Crippen molar-refractivity contribution in [1.82, 2.24) is 5.43 Å². The molecule has 0 aliphatic rings. The summed E-state index contributed by atoms with van der Waals surface area (Å²) in [6.45, 7) is 5.29. The van der Waals surface area contributed by atoms with Crippen molar-refractivity contribution >= 4 is 44.0 Å². The van der Waals surface area contributed by atoms with Gasteiger partial charge in [0.05, 0.1) is 23.9 Å². The lowest BCUT2D eigenvalue weighted by Crippen LogP contribution is -2.17. The Labute approximate surface area is 189 Å². The molecule has 0 fully saturated rings. The molecule has 0 atom stereocenters. The van der Waals surface area contributed by atoms with Gasteiger partial charge in [0.1, 0.15) is 0 Å². The Bertz CT molecular complexity index is 824. The topological polar surface area (TPSA) is 59.9 Å². The van der Waals surface area contributed by atoms with E-state index in [-0.39, 0.29) is 5.91 Å². The summed E-state index contributed by atoms with van der Waals surface area (Å²) in [4.78, 5) is 12.1. The summed E-state index contributed by atoms with van der Waals surface area (Å²) in [5, 5.41) is 4.05. The van der Waals surface area contributed by atoms with Crippen LogP contribution in [0.2, 0.25) is 0 Å². The van der Waals surface area contributed by atoms with E-state index in [1.807, 2.05) is 31.2 Å². The van der Waals surface area contributed by atoms with Gasteiger partial charge in [0.2, 0.25) is 0 Å². The van der Waals surface area contributed by atoms with Crippen LogP contribution in [0.5, 0.6) is 11.5 Å². The fourth-order valence-corrected chi connectivity index (χ4v) is 3.44. The van der Waals surface area contributed by atoms with Crippen molar-refractivity contribution < 1.29 is 14.3 Å². The summed E-state index contributed by atoms with van der Waals surface area (Å²) in [7, 11) is 0. The minimum Gasteiger partial charge on any atom is -0.490 e. The SMILES string of the molecule is CCCCCCOc1c(Br)cc(/C=N/NC(=O)c2ccc(Br)cc2)cc1OCC. The largest absolute Gasteiger partial charge is 0.490 e. The second kappa shape index (κ2) is 12.6. The summed E-state index contributed by atoms with van der Waals surface area (Å²) in [6.07, 6.45) is 6.15. The van der Waals surface area contributed by atoms with E-state index < -0.39 is 0 Å². The number of hydrazone groups is 1. The molecule has 0 heterocycles. The van der Waals surface area contributed by atoms with Gasteiger partial charge in [-0.25, -0.2) is 5.43 Å². The third kappa shape index (κ3) is 7.82. The molecule has 2 rings (SSSR count). The zero-order valence-corrected chi connectivity index (χ0v) is 19.9. The monoisotopic (exact) mass is 524 g/mol. The van der Waals surface area contributed by atoms with Crippen LogP contribution >= 0.6 is 31.9 Å². The van der Waals surface area contributed by atoms with Gasteiger partial charge in [-0.1, -0.05) is 42.1 Å². The van der Waals surface area contributed by atoms with E-state index in [0.29, 0.717) is 30.3 Å². The molecule has 0 aliphatic heterocycles. The van der Waals surface area contributed by atoms with Crippen LogP contribution in [0.4, 0.5) is 0 Å². The molecule has 0 unspecified atom stereocenters. The molecule has 2 aromatic rings. The lowest BCUT2D eigenvalue weighted by Gasteiger charge is -2.14. The van der Waals surface area contributed by atoms with E-state index >= 15 is 0 Å². The van der Waals surface area contributed by atoms with Gasteiger partial charge >= 0.3 is 0 Å². The standard InChI is InChI=1S/C22H26Br2N2O3/c1-3-5-6-7-12-29-21-19(24)13-16(14-20(21)28-4-2)15-25-26-22(27)17-8-10-18(23)11-9-17/h8-11,13-15H,3-7,12H2,1-2H3,(H,26,27)/b25-15+. The number of unbranched alkanes of at least 4 members (excludes halogenated alkanes) is 3. The Kier molecular flexibility index (Phi) is 10.2. The van der Waals surface area contributed by atoms with Crippen LogP contribution in [-0.2, 0) is 0 Å². The van der Waals surface area contributed by atoms with Crippen molar-refractivity contribution in [2.75, 3.05) is 13.2 Å². The molecule has 0 aliphatic carbocycles. The number of hydrogen-bond donors (Lipinski definition) is 1. The Hall–Kier alpha value is -1.86. The molecule has 29 heavy (non-hydrogen) atoms. The molecule has 0 bridgehead atoms. The van der Waals surface area contributed by atoms with Gasteiger partial charge in [-0.05, 0) is 71.2 Å². The quantitative estimate of drug-likeness (QED) is 0.212. The first-order valence-electron chi connectivity index (χ1n) is 9.73. The summed E-state index contributed by atoms with van der Waals surface area (Å²) in [6, 6.07) is 10.8. The number of amides is 1. The minimum atomic E-state index is -0.273. The van der Waals surface area contributed by atoms with E-state index in [1.165, 1.54) is 12.8 Å². The summed E-state index contributed by atoms with van der Waals surface area (Å²) >= 11 is 6.91. The highest BCUT2D eigenvalue weighted by Gasteiger charge is 2.12. The Morgan fingerprint density at radius 1 is 1.07 bits per heavy atom. The van der Waals surface area contributed by atoms with Crippen LogP contribution in [0.3, 0.4) is 0 Å². The maximum atomic E-state index is 12.1. The van der Waals surface area contributed by atoms with Crippen molar-refractivity contribution in [3.05, 3.63) is 56.5 Å². The smallest absolute Gasteiger partial charge is 0.271 e. The first-order chi connectivity index (χ1) is 14.0. The first kappa shape index (κ1) is 23.4. The zero-order chi connectivity index (χ0) is 21.1. The Morgan fingerprint density at radius 2 is 1.83 bits per heavy atom. The highest BCUT2D eigenvalue weighted by Crippen LogP contribution is 2.36. The molecule has 2 aromatic carbocycles. The Morgan fingerprint density at radius 3 is 2.52 bits per heavy atom. The number of halogens is 2.